The number of hydrogen-bond donors (Lipinski definition) is 2. The molecule has 0 aliphatic carbocycles. The highest BCUT2D eigenvalue weighted by Crippen LogP contribution is 2.39. The number of alkyl halides is 3. The van der Waals surface area contributed by atoms with Gasteiger partial charge in [0, 0.05) is 43.3 Å². The fourth-order valence-corrected chi connectivity index (χ4v) is 3.28. The number of fused-ring (bicyclic) bond motifs is 1. The molecule has 2 N–H and O–H groups in total. The van der Waals surface area contributed by atoms with Gasteiger partial charge in [0.05, 0.1) is 23.4 Å². The minimum atomic E-state index is -4.58. The SMILES string of the molecule is CCN(CCOC)c1ccc(NC=C2C(=O)Nc3cccc(F)c32)cc1C(F)(F)F. The van der Waals surface area contributed by atoms with Gasteiger partial charge >= 0.3 is 6.18 Å². The number of nitrogens with zero attached hydrogens (tertiary/aromatic N) is 1. The summed E-state index contributed by atoms with van der Waals surface area (Å²) in [5.41, 5.74) is -0.243. The molecule has 0 saturated carbocycles. The fourth-order valence-electron chi connectivity index (χ4n) is 3.28. The zero-order chi connectivity index (χ0) is 21.9. The Balaban J connectivity index is 1.93. The van der Waals surface area contributed by atoms with Crippen LogP contribution in [0.4, 0.5) is 34.6 Å². The number of nitrogens with one attached hydrogen (secondary N) is 2. The molecule has 0 atom stereocenters. The van der Waals surface area contributed by atoms with Crippen LogP contribution in [0.15, 0.2) is 42.6 Å². The first kappa shape index (κ1) is 21.6. The number of methoxy groups -OCH3 is 1. The van der Waals surface area contributed by atoms with Crippen molar-refractivity contribution in [1.82, 2.24) is 0 Å². The third-order valence-corrected chi connectivity index (χ3v) is 4.75. The molecule has 2 aromatic carbocycles. The maximum absolute atomic E-state index is 14.1. The number of amides is 1. The van der Waals surface area contributed by atoms with Gasteiger partial charge in [0.15, 0.2) is 0 Å². The summed E-state index contributed by atoms with van der Waals surface area (Å²) >= 11 is 0. The van der Waals surface area contributed by atoms with Crippen LogP contribution in [0.1, 0.15) is 18.1 Å². The second kappa shape index (κ2) is 8.74. The fraction of sp³-hybridized carbons (Fsp3) is 0.286. The Bertz CT molecular complexity index is 973. The first-order valence-corrected chi connectivity index (χ1v) is 9.28. The lowest BCUT2D eigenvalue weighted by molar-refractivity contribution is -0.137. The van der Waals surface area contributed by atoms with Crippen molar-refractivity contribution >= 4 is 28.5 Å². The number of halogens is 4. The predicted octanol–water partition coefficient (Wildman–Crippen LogP) is 4.72. The molecule has 0 radical (unpaired) electrons. The Hall–Kier alpha value is -3.07. The van der Waals surface area contributed by atoms with Crippen LogP contribution in [0.3, 0.4) is 0 Å². The summed E-state index contributed by atoms with van der Waals surface area (Å²) < 4.78 is 60.2. The number of hydrogen-bond acceptors (Lipinski definition) is 4. The number of likely N-dealkylation sites (N-methyl/N-ethyl adjacent to an activating group) is 1. The number of anilines is 3. The Kier molecular flexibility index (Phi) is 6.31. The maximum atomic E-state index is 14.1. The van der Waals surface area contributed by atoms with Crippen LogP contribution in [0.2, 0.25) is 0 Å². The van der Waals surface area contributed by atoms with Gasteiger partial charge < -0.3 is 20.3 Å². The first-order valence-electron chi connectivity index (χ1n) is 9.28. The van der Waals surface area contributed by atoms with Gasteiger partial charge in [-0.05, 0) is 37.3 Å². The van der Waals surface area contributed by atoms with Gasteiger partial charge in [-0.2, -0.15) is 13.2 Å². The number of carbonyl (C=O) groups is 1. The topological polar surface area (TPSA) is 53.6 Å². The second-order valence-electron chi connectivity index (χ2n) is 6.62. The van der Waals surface area contributed by atoms with E-state index in [0.717, 1.165) is 6.07 Å². The van der Waals surface area contributed by atoms with E-state index in [4.69, 9.17) is 4.74 Å². The lowest BCUT2D eigenvalue weighted by Gasteiger charge is -2.26. The van der Waals surface area contributed by atoms with Crippen LogP contribution in [0.25, 0.3) is 5.57 Å². The van der Waals surface area contributed by atoms with E-state index in [1.165, 1.54) is 37.6 Å². The third-order valence-electron chi connectivity index (χ3n) is 4.75. The lowest BCUT2D eigenvalue weighted by atomic mass is 10.1. The molecule has 9 heteroatoms. The summed E-state index contributed by atoms with van der Waals surface area (Å²) in [5.74, 6) is -1.13. The predicted molar refractivity (Wildman–Crippen MR) is 108 cm³/mol. The number of rotatable bonds is 7. The minimum Gasteiger partial charge on any atom is -0.383 e. The van der Waals surface area contributed by atoms with Gasteiger partial charge in [0.1, 0.15) is 5.82 Å². The van der Waals surface area contributed by atoms with E-state index in [0.29, 0.717) is 18.8 Å². The van der Waals surface area contributed by atoms with E-state index < -0.39 is 23.5 Å². The van der Waals surface area contributed by atoms with Crippen molar-refractivity contribution in [3.63, 3.8) is 0 Å². The van der Waals surface area contributed by atoms with Crippen LogP contribution in [0.5, 0.6) is 0 Å². The summed E-state index contributed by atoms with van der Waals surface area (Å²) in [4.78, 5) is 13.7. The minimum absolute atomic E-state index is 0.0102. The molecule has 0 aromatic heterocycles. The van der Waals surface area contributed by atoms with Crippen molar-refractivity contribution in [2.24, 2.45) is 0 Å². The van der Waals surface area contributed by atoms with E-state index in [1.54, 1.807) is 17.9 Å². The normalized spacial score (nSPS) is 14.6. The molecule has 30 heavy (non-hydrogen) atoms. The molecule has 2 aromatic rings. The second-order valence-corrected chi connectivity index (χ2v) is 6.62. The zero-order valence-electron chi connectivity index (χ0n) is 16.4. The largest absolute Gasteiger partial charge is 0.418 e. The van der Waals surface area contributed by atoms with Crippen LogP contribution in [0, 0.1) is 5.82 Å². The molecule has 0 spiro atoms. The van der Waals surface area contributed by atoms with E-state index in [-0.39, 0.29) is 29.1 Å². The number of ether oxygens (including phenoxy) is 1. The molecule has 0 bridgehead atoms. The zero-order valence-corrected chi connectivity index (χ0v) is 16.4. The molecular formula is C21H21F4N3O2. The molecule has 1 aliphatic heterocycles. The van der Waals surface area contributed by atoms with Gasteiger partial charge in [0.2, 0.25) is 0 Å². The van der Waals surface area contributed by atoms with E-state index in [2.05, 4.69) is 10.6 Å². The highest BCUT2D eigenvalue weighted by atomic mass is 19.4. The summed E-state index contributed by atoms with van der Waals surface area (Å²) in [5, 5.41) is 5.22. The smallest absolute Gasteiger partial charge is 0.383 e. The summed E-state index contributed by atoms with van der Waals surface area (Å²) in [6.45, 7) is 2.73. The molecule has 1 aliphatic rings. The molecule has 1 heterocycles. The Morgan fingerprint density at radius 2 is 2.00 bits per heavy atom. The highest BCUT2D eigenvalue weighted by Gasteiger charge is 2.35. The average Bonchev–Trinajstić information content (AvgIpc) is 3.03. The van der Waals surface area contributed by atoms with Crippen LogP contribution >= 0.6 is 0 Å². The molecule has 3 rings (SSSR count). The molecule has 160 valence electrons. The quantitative estimate of drug-likeness (QED) is 0.500. The van der Waals surface area contributed by atoms with Crippen molar-refractivity contribution in [3.8, 4) is 0 Å². The van der Waals surface area contributed by atoms with Gasteiger partial charge in [-0.15, -0.1) is 0 Å². The van der Waals surface area contributed by atoms with Crippen LogP contribution < -0.4 is 15.5 Å². The van der Waals surface area contributed by atoms with Gasteiger partial charge in [-0.25, -0.2) is 4.39 Å². The van der Waals surface area contributed by atoms with Crippen LogP contribution in [-0.4, -0.2) is 32.7 Å². The Morgan fingerprint density at radius 1 is 1.23 bits per heavy atom. The monoisotopic (exact) mass is 423 g/mol. The van der Waals surface area contributed by atoms with E-state index in [1.807, 2.05) is 0 Å². The lowest BCUT2D eigenvalue weighted by Crippen LogP contribution is -2.29. The molecule has 0 saturated heterocycles. The standard InChI is InChI=1S/C21H21F4N3O2/c1-3-28(9-10-30-2)18-8-7-13(11-15(18)21(23,24)25)26-12-14-19-16(22)5-4-6-17(19)27-20(14)29/h4-8,11-12,26H,3,9-10H2,1-2H3,(H,27,29). The average molecular weight is 423 g/mol. The first-order chi connectivity index (χ1) is 14.3. The van der Waals surface area contributed by atoms with Crippen LogP contribution in [-0.2, 0) is 15.7 Å². The summed E-state index contributed by atoms with van der Waals surface area (Å²) in [6, 6.07) is 8.04. The molecule has 5 nitrogen and oxygen atoms in total. The Labute approximate surface area is 171 Å². The Morgan fingerprint density at radius 3 is 2.67 bits per heavy atom. The van der Waals surface area contributed by atoms with Gasteiger partial charge in [0.25, 0.3) is 5.91 Å². The summed E-state index contributed by atoms with van der Waals surface area (Å²) in [6.07, 6.45) is -3.37. The third kappa shape index (κ3) is 4.40. The molecule has 0 unspecified atom stereocenters. The van der Waals surface area contributed by atoms with Crippen molar-refractivity contribution in [2.75, 3.05) is 42.3 Å². The molecule has 1 amide bonds. The van der Waals surface area contributed by atoms with E-state index in [9.17, 15) is 22.4 Å². The van der Waals surface area contributed by atoms with Crippen molar-refractivity contribution in [3.05, 3.63) is 59.5 Å². The van der Waals surface area contributed by atoms with Gasteiger partial charge in [-0.1, -0.05) is 6.07 Å². The summed E-state index contributed by atoms with van der Waals surface area (Å²) in [7, 11) is 1.49. The van der Waals surface area contributed by atoms with Crippen molar-refractivity contribution in [2.45, 2.75) is 13.1 Å². The van der Waals surface area contributed by atoms with Crippen molar-refractivity contribution in [1.29, 1.82) is 0 Å². The van der Waals surface area contributed by atoms with Crippen molar-refractivity contribution < 1.29 is 27.1 Å². The maximum Gasteiger partial charge on any atom is 0.418 e. The molecule has 0 fully saturated rings. The van der Waals surface area contributed by atoms with E-state index >= 15 is 0 Å². The number of carbonyl (C=O) groups excluding carboxylic acids is 1. The van der Waals surface area contributed by atoms with Gasteiger partial charge in [-0.3, -0.25) is 4.79 Å². The molecular weight excluding hydrogens is 402 g/mol. The highest BCUT2D eigenvalue weighted by molar-refractivity contribution is 6.31. The number of benzene rings is 2.